The van der Waals surface area contributed by atoms with Crippen LogP contribution in [0.5, 0.6) is 0 Å². The molecule has 1 aromatic rings. The minimum atomic E-state index is 0.306. The van der Waals surface area contributed by atoms with Gasteiger partial charge in [0, 0.05) is 31.7 Å². The van der Waals surface area contributed by atoms with Crippen LogP contribution in [0.1, 0.15) is 31.4 Å². The maximum Gasteiger partial charge on any atom is 0.0307 e. The first-order valence-electron chi connectivity index (χ1n) is 6.66. The van der Waals surface area contributed by atoms with Gasteiger partial charge in [0.15, 0.2) is 0 Å². The van der Waals surface area contributed by atoms with Gasteiger partial charge in [0.1, 0.15) is 0 Å². The van der Waals surface area contributed by atoms with Crippen LogP contribution >= 0.6 is 0 Å². The molecule has 0 spiro atoms. The average Bonchev–Trinajstić information content (AvgIpc) is 2.35. The minimum Gasteiger partial charge on any atom is -0.314 e. The summed E-state index contributed by atoms with van der Waals surface area (Å²) in [6, 6.07) is 8.73. The Kier molecular flexibility index (Phi) is 3.85. The van der Waals surface area contributed by atoms with E-state index in [0.717, 1.165) is 26.2 Å². The molecule has 1 aliphatic heterocycles. The van der Waals surface area contributed by atoms with Crippen LogP contribution in [0, 0.1) is 6.92 Å². The molecule has 1 atom stereocenters. The predicted octanol–water partition coefficient (Wildman–Crippen LogP) is 2.57. The first-order valence-corrected chi connectivity index (χ1v) is 6.66. The highest BCUT2D eigenvalue weighted by Gasteiger charge is 2.32. The Hall–Kier alpha value is -0.860. The van der Waals surface area contributed by atoms with Crippen LogP contribution in [0.3, 0.4) is 0 Å². The fourth-order valence-corrected chi connectivity index (χ4v) is 2.57. The summed E-state index contributed by atoms with van der Waals surface area (Å²) in [7, 11) is 0. The summed E-state index contributed by atoms with van der Waals surface area (Å²) in [6.45, 7) is 11.3. The zero-order valence-electron chi connectivity index (χ0n) is 11.3. The van der Waals surface area contributed by atoms with Crippen molar-refractivity contribution in [1.82, 2.24) is 10.2 Å². The second-order valence-electron chi connectivity index (χ2n) is 5.38. The van der Waals surface area contributed by atoms with E-state index in [9.17, 15) is 0 Å². The van der Waals surface area contributed by atoms with E-state index in [2.05, 4.69) is 55.3 Å². The van der Waals surface area contributed by atoms with Crippen molar-refractivity contribution < 1.29 is 0 Å². The van der Waals surface area contributed by atoms with Crippen molar-refractivity contribution >= 4 is 0 Å². The van der Waals surface area contributed by atoms with Gasteiger partial charge in [0.25, 0.3) is 0 Å². The van der Waals surface area contributed by atoms with Crippen molar-refractivity contribution in [3.63, 3.8) is 0 Å². The first kappa shape index (κ1) is 12.6. The molecule has 0 bridgehead atoms. The standard InChI is InChI=1S/C15H24N2/c1-4-15(3)12-16-9-10-17(15)11-14-8-6-5-7-13(14)2/h5-8,16H,4,9-12H2,1-3H3. The summed E-state index contributed by atoms with van der Waals surface area (Å²) in [5, 5.41) is 3.51. The lowest BCUT2D eigenvalue weighted by molar-refractivity contribution is 0.0636. The Bertz CT molecular complexity index is 375. The normalized spacial score (nSPS) is 26.1. The summed E-state index contributed by atoms with van der Waals surface area (Å²) < 4.78 is 0. The molecular formula is C15H24N2. The Labute approximate surface area is 105 Å². The topological polar surface area (TPSA) is 15.3 Å². The van der Waals surface area contributed by atoms with Gasteiger partial charge in [-0.25, -0.2) is 0 Å². The number of benzene rings is 1. The summed E-state index contributed by atoms with van der Waals surface area (Å²) in [6.07, 6.45) is 1.20. The third-order valence-corrected chi connectivity index (χ3v) is 4.21. The SMILES string of the molecule is CCC1(C)CNCCN1Cc1ccccc1C. The fraction of sp³-hybridized carbons (Fsp3) is 0.600. The van der Waals surface area contributed by atoms with Gasteiger partial charge in [-0.1, -0.05) is 31.2 Å². The predicted molar refractivity (Wildman–Crippen MR) is 73.2 cm³/mol. The Morgan fingerprint density at radius 3 is 2.82 bits per heavy atom. The van der Waals surface area contributed by atoms with E-state index in [0.29, 0.717) is 5.54 Å². The third-order valence-electron chi connectivity index (χ3n) is 4.21. The summed E-state index contributed by atoms with van der Waals surface area (Å²) in [5.74, 6) is 0. The van der Waals surface area contributed by atoms with Crippen molar-refractivity contribution in [2.45, 2.75) is 39.3 Å². The smallest absolute Gasteiger partial charge is 0.0307 e. The van der Waals surface area contributed by atoms with Crippen LogP contribution in [0.15, 0.2) is 24.3 Å². The molecule has 0 radical (unpaired) electrons. The molecule has 17 heavy (non-hydrogen) atoms. The zero-order valence-corrected chi connectivity index (χ0v) is 11.3. The van der Waals surface area contributed by atoms with Crippen molar-refractivity contribution in [2.24, 2.45) is 0 Å². The second kappa shape index (κ2) is 5.19. The lowest BCUT2D eigenvalue weighted by Crippen LogP contribution is -2.58. The number of aryl methyl sites for hydroxylation is 1. The van der Waals surface area contributed by atoms with Crippen LogP contribution in [0.4, 0.5) is 0 Å². The molecule has 2 nitrogen and oxygen atoms in total. The van der Waals surface area contributed by atoms with Gasteiger partial charge in [0.2, 0.25) is 0 Å². The highest BCUT2D eigenvalue weighted by Crippen LogP contribution is 2.24. The minimum absolute atomic E-state index is 0.306. The summed E-state index contributed by atoms with van der Waals surface area (Å²) in [5.41, 5.74) is 3.18. The van der Waals surface area contributed by atoms with Crippen molar-refractivity contribution in [3.8, 4) is 0 Å². The number of nitrogens with zero attached hydrogens (tertiary/aromatic N) is 1. The summed E-state index contributed by atoms with van der Waals surface area (Å²) in [4.78, 5) is 2.63. The van der Waals surface area contributed by atoms with Gasteiger partial charge < -0.3 is 5.32 Å². The van der Waals surface area contributed by atoms with Gasteiger partial charge in [-0.2, -0.15) is 0 Å². The largest absolute Gasteiger partial charge is 0.314 e. The van der Waals surface area contributed by atoms with Crippen LogP contribution in [0.2, 0.25) is 0 Å². The first-order chi connectivity index (χ1) is 8.15. The molecule has 2 rings (SSSR count). The molecule has 1 fully saturated rings. The molecule has 1 heterocycles. The number of nitrogens with one attached hydrogen (secondary N) is 1. The highest BCUT2D eigenvalue weighted by atomic mass is 15.2. The number of rotatable bonds is 3. The second-order valence-corrected chi connectivity index (χ2v) is 5.38. The van der Waals surface area contributed by atoms with E-state index < -0.39 is 0 Å². The molecule has 1 aromatic carbocycles. The third kappa shape index (κ3) is 2.70. The molecule has 0 aliphatic carbocycles. The van der Waals surface area contributed by atoms with Gasteiger partial charge in [-0.3, -0.25) is 4.90 Å². The molecule has 1 saturated heterocycles. The Balaban J connectivity index is 2.14. The van der Waals surface area contributed by atoms with Crippen LogP contribution in [-0.4, -0.2) is 30.1 Å². The van der Waals surface area contributed by atoms with Crippen LogP contribution in [-0.2, 0) is 6.54 Å². The number of hydrogen-bond acceptors (Lipinski definition) is 2. The van der Waals surface area contributed by atoms with E-state index in [1.165, 1.54) is 17.5 Å². The lowest BCUT2D eigenvalue weighted by atomic mass is 9.93. The van der Waals surface area contributed by atoms with Gasteiger partial charge in [-0.15, -0.1) is 0 Å². The van der Waals surface area contributed by atoms with Gasteiger partial charge >= 0.3 is 0 Å². The Morgan fingerprint density at radius 2 is 2.12 bits per heavy atom. The molecule has 94 valence electrons. The number of piperazine rings is 1. The average molecular weight is 232 g/mol. The van der Waals surface area contributed by atoms with Crippen molar-refractivity contribution in [1.29, 1.82) is 0 Å². The van der Waals surface area contributed by atoms with Crippen molar-refractivity contribution in [2.75, 3.05) is 19.6 Å². The molecular weight excluding hydrogens is 208 g/mol. The molecule has 1 N–H and O–H groups in total. The van der Waals surface area contributed by atoms with E-state index in [1.807, 2.05) is 0 Å². The van der Waals surface area contributed by atoms with E-state index in [1.54, 1.807) is 0 Å². The highest BCUT2D eigenvalue weighted by molar-refractivity contribution is 5.25. The lowest BCUT2D eigenvalue weighted by Gasteiger charge is -2.45. The zero-order chi connectivity index (χ0) is 12.3. The molecule has 0 saturated carbocycles. The molecule has 2 heteroatoms. The van der Waals surface area contributed by atoms with Gasteiger partial charge in [-0.05, 0) is 31.4 Å². The van der Waals surface area contributed by atoms with Crippen molar-refractivity contribution in [3.05, 3.63) is 35.4 Å². The maximum absolute atomic E-state index is 3.51. The molecule has 0 amide bonds. The van der Waals surface area contributed by atoms with Crippen LogP contribution < -0.4 is 5.32 Å². The van der Waals surface area contributed by atoms with E-state index >= 15 is 0 Å². The maximum atomic E-state index is 3.51. The fourth-order valence-electron chi connectivity index (χ4n) is 2.57. The molecule has 0 aromatic heterocycles. The summed E-state index contributed by atoms with van der Waals surface area (Å²) >= 11 is 0. The molecule has 1 unspecified atom stereocenters. The monoisotopic (exact) mass is 232 g/mol. The van der Waals surface area contributed by atoms with E-state index in [-0.39, 0.29) is 0 Å². The quantitative estimate of drug-likeness (QED) is 0.861. The Morgan fingerprint density at radius 1 is 1.35 bits per heavy atom. The number of hydrogen-bond donors (Lipinski definition) is 1. The van der Waals surface area contributed by atoms with Gasteiger partial charge in [0.05, 0.1) is 0 Å². The van der Waals surface area contributed by atoms with Crippen LogP contribution in [0.25, 0.3) is 0 Å². The molecule has 1 aliphatic rings. The van der Waals surface area contributed by atoms with E-state index in [4.69, 9.17) is 0 Å².